The van der Waals surface area contributed by atoms with Gasteiger partial charge in [0.2, 0.25) is 5.95 Å². The molecule has 0 N–H and O–H groups in total. The number of piperidine rings is 1. The number of anilines is 1. The minimum atomic E-state index is -3.28. The number of nitrogens with zero attached hydrogens (tertiary/aromatic N) is 4. The molecular formula is C25H30N4O4S. The number of sulfone groups is 1. The zero-order valence-corrected chi connectivity index (χ0v) is 20.5. The highest BCUT2D eigenvalue weighted by atomic mass is 32.2. The van der Waals surface area contributed by atoms with E-state index < -0.39 is 9.84 Å². The standard InChI is InChI=1S/C25H30N4O4S/c1-18(2)14-19-16-26-25(27-17-19)28-11-8-21(9-12-28)33-22-10-13-29(24(30)15-22)20-4-6-23(7-5-20)34(3,31)32/h4-7,10,13,15-18,21H,8-9,11-12,14H2,1-3H3. The van der Waals surface area contributed by atoms with Crippen molar-refractivity contribution in [2.75, 3.05) is 24.2 Å². The van der Waals surface area contributed by atoms with Crippen molar-refractivity contribution in [1.29, 1.82) is 0 Å². The third-order valence-corrected chi connectivity index (χ3v) is 6.93. The highest BCUT2D eigenvalue weighted by molar-refractivity contribution is 7.90. The number of pyridine rings is 1. The topological polar surface area (TPSA) is 94.4 Å². The van der Waals surface area contributed by atoms with Crippen LogP contribution < -0.4 is 15.2 Å². The average molecular weight is 483 g/mol. The SMILES string of the molecule is CC(C)Cc1cnc(N2CCC(Oc3ccn(-c4ccc(S(C)(=O)=O)cc4)c(=O)c3)CC2)nc1. The molecule has 0 radical (unpaired) electrons. The van der Waals surface area contributed by atoms with Crippen molar-refractivity contribution in [3.05, 3.63) is 70.9 Å². The summed E-state index contributed by atoms with van der Waals surface area (Å²) >= 11 is 0. The first kappa shape index (κ1) is 23.9. The molecular weight excluding hydrogens is 452 g/mol. The molecule has 3 heterocycles. The van der Waals surface area contributed by atoms with Crippen molar-refractivity contribution < 1.29 is 13.2 Å². The summed E-state index contributed by atoms with van der Waals surface area (Å²) in [6.07, 6.45) is 9.24. The molecule has 8 nitrogen and oxygen atoms in total. The van der Waals surface area contributed by atoms with E-state index in [2.05, 4.69) is 28.7 Å². The first-order valence-corrected chi connectivity index (χ1v) is 13.3. The Morgan fingerprint density at radius 3 is 2.26 bits per heavy atom. The van der Waals surface area contributed by atoms with E-state index in [9.17, 15) is 13.2 Å². The molecule has 180 valence electrons. The largest absolute Gasteiger partial charge is 0.490 e. The molecule has 0 amide bonds. The third kappa shape index (κ3) is 5.83. The highest BCUT2D eigenvalue weighted by Gasteiger charge is 2.22. The van der Waals surface area contributed by atoms with Crippen LogP contribution in [0.1, 0.15) is 32.3 Å². The fourth-order valence-corrected chi connectivity index (χ4v) is 4.69. The van der Waals surface area contributed by atoms with Crippen LogP contribution >= 0.6 is 0 Å². The van der Waals surface area contributed by atoms with Crippen LogP contribution in [0.25, 0.3) is 5.69 Å². The lowest BCUT2D eigenvalue weighted by Gasteiger charge is -2.32. The van der Waals surface area contributed by atoms with Gasteiger partial charge in [-0.15, -0.1) is 0 Å². The van der Waals surface area contributed by atoms with Gasteiger partial charge in [-0.3, -0.25) is 9.36 Å². The smallest absolute Gasteiger partial charge is 0.258 e. The van der Waals surface area contributed by atoms with Gasteiger partial charge in [0, 0.05) is 62.5 Å². The maximum Gasteiger partial charge on any atom is 0.258 e. The number of benzene rings is 1. The molecule has 0 atom stereocenters. The zero-order valence-electron chi connectivity index (χ0n) is 19.7. The highest BCUT2D eigenvalue weighted by Crippen LogP contribution is 2.21. The summed E-state index contributed by atoms with van der Waals surface area (Å²) in [5, 5.41) is 0. The van der Waals surface area contributed by atoms with E-state index in [1.54, 1.807) is 24.4 Å². The molecule has 4 rings (SSSR count). The van der Waals surface area contributed by atoms with Crippen LogP contribution in [0.3, 0.4) is 0 Å². The molecule has 3 aromatic rings. The Balaban J connectivity index is 1.35. The number of rotatable bonds is 7. The van der Waals surface area contributed by atoms with Crippen LogP contribution in [-0.4, -0.2) is 48.4 Å². The summed E-state index contributed by atoms with van der Waals surface area (Å²) in [7, 11) is -3.28. The molecule has 1 saturated heterocycles. The molecule has 0 aliphatic carbocycles. The minimum absolute atomic E-state index is 0.0146. The van der Waals surface area contributed by atoms with Gasteiger partial charge in [-0.1, -0.05) is 13.8 Å². The fourth-order valence-electron chi connectivity index (χ4n) is 4.06. The van der Waals surface area contributed by atoms with Crippen molar-refractivity contribution >= 4 is 15.8 Å². The van der Waals surface area contributed by atoms with E-state index in [0.717, 1.165) is 50.1 Å². The van der Waals surface area contributed by atoms with Gasteiger partial charge in [-0.05, 0) is 48.2 Å². The molecule has 34 heavy (non-hydrogen) atoms. The summed E-state index contributed by atoms with van der Waals surface area (Å²) in [6.45, 7) is 5.94. The van der Waals surface area contributed by atoms with Crippen molar-refractivity contribution in [3.8, 4) is 11.4 Å². The summed E-state index contributed by atoms with van der Waals surface area (Å²) in [4.78, 5) is 24.1. The van der Waals surface area contributed by atoms with Crippen molar-refractivity contribution in [2.24, 2.45) is 5.92 Å². The Labute approximate surface area is 200 Å². The van der Waals surface area contributed by atoms with E-state index in [1.807, 2.05) is 12.4 Å². The third-order valence-electron chi connectivity index (χ3n) is 5.80. The molecule has 9 heteroatoms. The van der Waals surface area contributed by atoms with Gasteiger partial charge in [-0.25, -0.2) is 18.4 Å². The lowest BCUT2D eigenvalue weighted by molar-refractivity contribution is 0.170. The van der Waals surface area contributed by atoms with Gasteiger partial charge < -0.3 is 9.64 Å². The molecule has 0 saturated carbocycles. The summed E-state index contributed by atoms with van der Waals surface area (Å²) in [5.74, 6) is 1.85. The van der Waals surface area contributed by atoms with Gasteiger partial charge in [0.15, 0.2) is 9.84 Å². The maximum absolute atomic E-state index is 12.6. The number of ether oxygens (including phenoxy) is 1. The molecule has 0 bridgehead atoms. The normalized spacial score (nSPS) is 15.0. The van der Waals surface area contributed by atoms with E-state index in [0.29, 0.717) is 17.4 Å². The Morgan fingerprint density at radius 1 is 1.06 bits per heavy atom. The van der Waals surface area contributed by atoms with Gasteiger partial charge in [0.25, 0.3) is 5.56 Å². The van der Waals surface area contributed by atoms with E-state index in [4.69, 9.17) is 4.74 Å². The second-order valence-corrected chi connectivity index (χ2v) is 11.1. The second-order valence-electron chi connectivity index (χ2n) is 9.13. The molecule has 1 aliphatic rings. The molecule has 1 aliphatic heterocycles. The number of hydrogen-bond donors (Lipinski definition) is 0. The first-order valence-electron chi connectivity index (χ1n) is 11.4. The van der Waals surface area contributed by atoms with Gasteiger partial charge in [0.05, 0.1) is 4.90 Å². The predicted molar refractivity (Wildman–Crippen MR) is 132 cm³/mol. The summed E-state index contributed by atoms with van der Waals surface area (Å²) < 4.78 is 30.8. The van der Waals surface area contributed by atoms with Gasteiger partial charge >= 0.3 is 0 Å². The van der Waals surface area contributed by atoms with Gasteiger partial charge in [-0.2, -0.15) is 0 Å². The second kappa shape index (κ2) is 9.97. The van der Waals surface area contributed by atoms with Crippen molar-refractivity contribution in [2.45, 2.75) is 44.1 Å². The quantitative estimate of drug-likeness (QED) is 0.510. The average Bonchev–Trinajstić information content (AvgIpc) is 2.79. The Hall–Kier alpha value is -3.20. The van der Waals surface area contributed by atoms with Crippen LogP contribution in [0.15, 0.2) is 64.7 Å². The summed E-state index contributed by atoms with van der Waals surface area (Å²) in [5.41, 5.74) is 1.51. The van der Waals surface area contributed by atoms with Crippen molar-refractivity contribution in [1.82, 2.24) is 14.5 Å². The van der Waals surface area contributed by atoms with Crippen molar-refractivity contribution in [3.63, 3.8) is 0 Å². The monoisotopic (exact) mass is 482 g/mol. The van der Waals surface area contributed by atoms with Crippen LogP contribution in [-0.2, 0) is 16.3 Å². The molecule has 1 fully saturated rings. The van der Waals surface area contributed by atoms with E-state index in [1.165, 1.54) is 22.8 Å². The lowest BCUT2D eigenvalue weighted by Crippen LogP contribution is -2.39. The van der Waals surface area contributed by atoms with E-state index in [-0.39, 0.29) is 16.6 Å². The van der Waals surface area contributed by atoms with Crippen LogP contribution in [0.2, 0.25) is 0 Å². The fraction of sp³-hybridized carbons (Fsp3) is 0.400. The first-order chi connectivity index (χ1) is 16.2. The lowest BCUT2D eigenvalue weighted by atomic mass is 10.1. The van der Waals surface area contributed by atoms with Gasteiger partial charge in [0.1, 0.15) is 11.9 Å². The number of hydrogen-bond acceptors (Lipinski definition) is 7. The molecule has 0 unspecified atom stereocenters. The zero-order chi connectivity index (χ0) is 24.3. The maximum atomic E-state index is 12.6. The van der Waals surface area contributed by atoms with Crippen LogP contribution in [0, 0.1) is 5.92 Å². The van der Waals surface area contributed by atoms with E-state index >= 15 is 0 Å². The summed E-state index contributed by atoms with van der Waals surface area (Å²) in [6, 6.07) is 9.45. The molecule has 0 spiro atoms. The molecule has 2 aromatic heterocycles. The minimum Gasteiger partial charge on any atom is -0.490 e. The Bertz CT molecular complexity index is 1280. The molecule has 1 aromatic carbocycles. The van der Waals surface area contributed by atoms with Crippen LogP contribution in [0.4, 0.5) is 5.95 Å². The van der Waals surface area contributed by atoms with Crippen LogP contribution in [0.5, 0.6) is 5.75 Å². The predicted octanol–water partition coefficient (Wildman–Crippen LogP) is 3.28. The Morgan fingerprint density at radius 2 is 1.71 bits per heavy atom. The Kier molecular flexibility index (Phi) is 7.02. The number of aromatic nitrogens is 3.